The van der Waals surface area contributed by atoms with Gasteiger partial charge in [0.25, 0.3) is 5.91 Å². The molecule has 1 N–H and O–H groups in total. The number of hydrogen-bond donors (Lipinski definition) is 1. The molecule has 0 bridgehead atoms. The maximum atomic E-state index is 12.6. The Morgan fingerprint density at radius 3 is 2.96 bits per heavy atom. The monoisotopic (exact) mass is 348 g/mol. The van der Waals surface area contributed by atoms with Crippen LogP contribution >= 0.6 is 11.3 Å². The van der Waals surface area contributed by atoms with E-state index >= 15 is 0 Å². The summed E-state index contributed by atoms with van der Waals surface area (Å²) in [5.41, 5.74) is -1.99. The van der Waals surface area contributed by atoms with Crippen molar-refractivity contribution >= 4 is 17.2 Å². The number of H-pyrrole nitrogens is 1. The van der Waals surface area contributed by atoms with Crippen molar-refractivity contribution in [3.05, 3.63) is 48.4 Å². The van der Waals surface area contributed by atoms with E-state index in [1.165, 1.54) is 15.9 Å². The highest BCUT2D eigenvalue weighted by molar-refractivity contribution is 7.13. The lowest BCUT2D eigenvalue weighted by Crippen LogP contribution is -2.51. The van der Waals surface area contributed by atoms with E-state index in [9.17, 15) is 14.4 Å². The Morgan fingerprint density at radius 1 is 1.38 bits per heavy atom. The molecule has 9 heteroatoms. The number of hydrogen-bond acceptors (Lipinski definition) is 6. The van der Waals surface area contributed by atoms with Crippen LogP contribution in [0.4, 0.5) is 0 Å². The summed E-state index contributed by atoms with van der Waals surface area (Å²) in [6.07, 6.45) is 0.627. The van der Waals surface area contributed by atoms with Crippen LogP contribution in [0.1, 0.15) is 26.8 Å². The lowest BCUT2D eigenvalue weighted by atomic mass is 10.0. The van der Waals surface area contributed by atoms with Gasteiger partial charge in [-0.05, 0) is 25.5 Å². The van der Waals surface area contributed by atoms with Crippen molar-refractivity contribution in [2.75, 3.05) is 13.1 Å². The summed E-state index contributed by atoms with van der Waals surface area (Å²) in [5.74, 6) is 0.389. The number of thiophene rings is 1. The molecule has 2 aromatic rings. The number of carbonyl (C=O) groups is 1. The number of fused-ring (bicyclic) bond motifs is 1. The van der Waals surface area contributed by atoms with Crippen LogP contribution in [-0.2, 0) is 17.9 Å². The van der Waals surface area contributed by atoms with E-state index in [1.54, 1.807) is 4.90 Å². The molecule has 2 aliphatic heterocycles. The van der Waals surface area contributed by atoms with Gasteiger partial charge in [-0.25, -0.2) is 5.10 Å². The molecule has 1 spiro atoms. The van der Waals surface area contributed by atoms with E-state index in [0.29, 0.717) is 30.2 Å². The number of nitrogens with one attached hydrogen (secondary N) is 1. The van der Waals surface area contributed by atoms with Gasteiger partial charge in [0.2, 0.25) is 0 Å². The van der Waals surface area contributed by atoms with Gasteiger partial charge in [0.15, 0.2) is 5.82 Å². The molecular weight excluding hydrogens is 332 g/mol. The van der Waals surface area contributed by atoms with Crippen LogP contribution < -0.4 is 11.1 Å². The SMILES string of the molecule is Cc1ccc(C(=O)N2CC[C@]3(C2)Cn2c(n[nH]c(=O)c2=O)CO3)s1. The number of likely N-dealkylation sites (tertiary alicyclic amines) is 1. The van der Waals surface area contributed by atoms with Gasteiger partial charge in [0.1, 0.15) is 12.2 Å². The summed E-state index contributed by atoms with van der Waals surface area (Å²) in [6, 6.07) is 3.76. The van der Waals surface area contributed by atoms with E-state index in [4.69, 9.17) is 4.74 Å². The Labute approximate surface area is 140 Å². The first kappa shape index (κ1) is 15.3. The summed E-state index contributed by atoms with van der Waals surface area (Å²) >= 11 is 1.47. The number of nitrogens with zero attached hydrogens (tertiary/aromatic N) is 3. The molecule has 0 aromatic carbocycles. The number of aromatic amines is 1. The van der Waals surface area contributed by atoms with Crippen molar-refractivity contribution in [3.63, 3.8) is 0 Å². The van der Waals surface area contributed by atoms with Gasteiger partial charge in [-0.1, -0.05) is 0 Å². The molecule has 0 unspecified atom stereocenters. The Morgan fingerprint density at radius 2 is 2.21 bits per heavy atom. The van der Waals surface area contributed by atoms with E-state index in [2.05, 4.69) is 10.2 Å². The average molecular weight is 348 g/mol. The zero-order valence-electron chi connectivity index (χ0n) is 13.1. The second-order valence-corrected chi connectivity index (χ2v) is 7.51. The molecule has 4 heterocycles. The average Bonchev–Trinajstić information content (AvgIpc) is 3.18. The highest BCUT2D eigenvalue weighted by atomic mass is 32.1. The van der Waals surface area contributed by atoms with Crippen LogP contribution in [-0.4, -0.2) is 44.3 Å². The third-order valence-electron chi connectivity index (χ3n) is 4.55. The van der Waals surface area contributed by atoms with Crippen molar-refractivity contribution < 1.29 is 9.53 Å². The van der Waals surface area contributed by atoms with Gasteiger partial charge >= 0.3 is 11.1 Å². The summed E-state index contributed by atoms with van der Waals surface area (Å²) in [7, 11) is 0. The molecule has 2 aromatic heterocycles. The molecule has 0 saturated carbocycles. The third-order valence-corrected chi connectivity index (χ3v) is 5.53. The van der Waals surface area contributed by atoms with E-state index in [-0.39, 0.29) is 19.1 Å². The third kappa shape index (κ3) is 2.40. The van der Waals surface area contributed by atoms with Crippen molar-refractivity contribution in [2.45, 2.75) is 32.1 Å². The predicted molar refractivity (Wildman–Crippen MR) is 86.2 cm³/mol. The zero-order valence-corrected chi connectivity index (χ0v) is 13.9. The number of aryl methyl sites for hydroxylation is 1. The normalized spacial score (nSPS) is 22.8. The Balaban J connectivity index is 1.58. The smallest absolute Gasteiger partial charge is 0.330 e. The molecule has 1 fully saturated rings. The van der Waals surface area contributed by atoms with Crippen LogP contribution in [0, 0.1) is 6.92 Å². The second kappa shape index (κ2) is 5.38. The largest absolute Gasteiger partial charge is 0.363 e. The minimum absolute atomic E-state index is 0.0178. The number of ether oxygens (including phenoxy) is 1. The fourth-order valence-corrected chi connectivity index (χ4v) is 4.09. The van der Waals surface area contributed by atoms with Gasteiger partial charge in [-0.2, -0.15) is 5.10 Å². The van der Waals surface area contributed by atoms with Gasteiger partial charge in [-0.3, -0.25) is 19.0 Å². The topological polar surface area (TPSA) is 97.3 Å². The van der Waals surface area contributed by atoms with E-state index in [0.717, 1.165) is 4.88 Å². The molecular formula is C15H16N4O4S. The van der Waals surface area contributed by atoms with Crippen molar-refractivity contribution in [1.29, 1.82) is 0 Å². The van der Waals surface area contributed by atoms with Gasteiger partial charge in [0, 0.05) is 11.4 Å². The first-order valence-electron chi connectivity index (χ1n) is 7.66. The molecule has 2 aliphatic rings. The minimum atomic E-state index is -0.740. The quantitative estimate of drug-likeness (QED) is 0.738. The van der Waals surface area contributed by atoms with Crippen LogP contribution in [0.5, 0.6) is 0 Å². The minimum Gasteiger partial charge on any atom is -0.363 e. The van der Waals surface area contributed by atoms with Crippen molar-refractivity contribution in [2.24, 2.45) is 0 Å². The molecule has 8 nitrogen and oxygen atoms in total. The molecule has 1 saturated heterocycles. The number of carbonyl (C=O) groups excluding carboxylic acids is 1. The highest BCUT2D eigenvalue weighted by Gasteiger charge is 2.44. The first-order valence-corrected chi connectivity index (χ1v) is 8.47. The molecule has 0 radical (unpaired) electrons. The van der Waals surface area contributed by atoms with Crippen LogP contribution in [0.3, 0.4) is 0 Å². The lowest BCUT2D eigenvalue weighted by molar-refractivity contribution is -0.0836. The molecule has 4 rings (SSSR count). The predicted octanol–water partition coefficient (Wildman–Crippen LogP) is 0.117. The van der Waals surface area contributed by atoms with Crippen molar-refractivity contribution in [1.82, 2.24) is 19.7 Å². The lowest BCUT2D eigenvalue weighted by Gasteiger charge is -2.34. The van der Waals surface area contributed by atoms with Crippen molar-refractivity contribution in [3.8, 4) is 0 Å². The molecule has 126 valence electrons. The maximum absolute atomic E-state index is 12.6. The maximum Gasteiger partial charge on any atom is 0.330 e. The second-order valence-electron chi connectivity index (χ2n) is 6.22. The molecule has 0 aliphatic carbocycles. The molecule has 1 atom stereocenters. The Hall–Kier alpha value is -2.26. The molecule has 1 amide bonds. The van der Waals surface area contributed by atoms with Crippen LogP contribution in [0.25, 0.3) is 0 Å². The summed E-state index contributed by atoms with van der Waals surface area (Å²) in [6.45, 7) is 3.32. The summed E-state index contributed by atoms with van der Waals surface area (Å²) in [5, 5.41) is 6.04. The zero-order chi connectivity index (χ0) is 16.9. The highest BCUT2D eigenvalue weighted by Crippen LogP contribution is 2.32. The number of amides is 1. The van der Waals surface area contributed by atoms with Gasteiger partial charge in [-0.15, -0.1) is 11.3 Å². The van der Waals surface area contributed by atoms with E-state index < -0.39 is 16.7 Å². The standard InChI is InChI=1S/C15H16N4O4S/c1-9-2-3-10(24-9)13(21)18-5-4-15(7-18)8-19-11(6-23-15)16-17-12(20)14(19)22/h2-3H,4-8H2,1H3,(H,17,20)/t15-/m0/s1. The fraction of sp³-hybridized carbons (Fsp3) is 0.467. The van der Waals surface area contributed by atoms with Gasteiger partial charge in [0.05, 0.1) is 18.0 Å². The molecule has 24 heavy (non-hydrogen) atoms. The number of aromatic nitrogens is 3. The van der Waals surface area contributed by atoms with Crippen LogP contribution in [0.2, 0.25) is 0 Å². The van der Waals surface area contributed by atoms with E-state index in [1.807, 2.05) is 19.1 Å². The summed E-state index contributed by atoms with van der Waals surface area (Å²) < 4.78 is 7.30. The van der Waals surface area contributed by atoms with Gasteiger partial charge < -0.3 is 9.64 Å². The number of rotatable bonds is 1. The fourth-order valence-electron chi connectivity index (χ4n) is 3.26. The Kier molecular flexibility index (Phi) is 3.43. The Bertz CT molecular complexity index is 930. The van der Waals surface area contributed by atoms with Crippen LogP contribution in [0.15, 0.2) is 21.7 Å². The summed E-state index contributed by atoms with van der Waals surface area (Å²) in [4.78, 5) is 39.7. The first-order chi connectivity index (χ1) is 11.5.